The lowest BCUT2D eigenvalue weighted by atomic mass is 10.2. The van der Waals surface area contributed by atoms with E-state index < -0.39 is 15.5 Å². The number of rotatable bonds is 2. The van der Waals surface area contributed by atoms with Crippen LogP contribution in [-0.2, 0) is 0 Å². The third-order valence-electron chi connectivity index (χ3n) is 1.42. The highest BCUT2D eigenvalue weighted by molar-refractivity contribution is 5.62. The van der Waals surface area contributed by atoms with E-state index in [-0.39, 0.29) is 11.4 Å². The van der Waals surface area contributed by atoms with Crippen LogP contribution in [0.3, 0.4) is 0 Å². The standard InChI is InChI=1S/C6H5N3O4.CH3N/c7-5-2-1-4(8(10)11)3-6(5)9(12)13;1-2/h1-3H,7H2;2H,1H2. The van der Waals surface area contributed by atoms with Gasteiger partial charge < -0.3 is 11.1 Å². The molecule has 15 heavy (non-hydrogen) atoms. The van der Waals surface area contributed by atoms with Gasteiger partial charge in [0.05, 0.1) is 15.9 Å². The van der Waals surface area contributed by atoms with Crippen LogP contribution in [0.2, 0.25) is 0 Å². The van der Waals surface area contributed by atoms with Gasteiger partial charge in [0.1, 0.15) is 5.69 Å². The number of benzene rings is 1. The summed E-state index contributed by atoms with van der Waals surface area (Å²) in [6, 6.07) is 3.08. The summed E-state index contributed by atoms with van der Waals surface area (Å²) in [6.45, 7) is 2.50. The number of nitro groups is 2. The molecule has 0 saturated carbocycles. The Morgan fingerprint density at radius 1 is 1.20 bits per heavy atom. The molecule has 1 aromatic rings. The van der Waals surface area contributed by atoms with Gasteiger partial charge in [-0.25, -0.2) is 0 Å². The molecule has 1 aromatic carbocycles. The second kappa shape index (κ2) is 5.27. The van der Waals surface area contributed by atoms with Crippen molar-refractivity contribution in [1.29, 1.82) is 5.41 Å². The zero-order valence-electron chi connectivity index (χ0n) is 7.54. The first kappa shape index (κ1) is 12.5. The van der Waals surface area contributed by atoms with Crippen LogP contribution in [-0.4, -0.2) is 16.6 Å². The number of hydrogen-bond donors (Lipinski definition) is 2. The fourth-order valence-corrected chi connectivity index (χ4v) is 0.804. The van der Waals surface area contributed by atoms with Gasteiger partial charge in [0, 0.05) is 6.07 Å². The lowest BCUT2D eigenvalue weighted by Gasteiger charge is -1.95. The van der Waals surface area contributed by atoms with Crippen LogP contribution in [0, 0.1) is 25.6 Å². The number of nitrogen functional groups attached to an aromatic ring is 1. The van der Waals surface area contributed by atoms with Crippen LogP contribution in [0.15, 0.2) is 18.2 Å². The Hall–Kier alpha value is -2.51. The van der Waals surface area contributed by atoms with Crippen molar-refractivity contribution in [3.8, 4) is 0 Å². The lowest BCUT2D eigenvalue weighted by Crippen LogP contribution is -1.97. The van der Waals surface area contributed by atoms with E-state index in [1.165, 1.54) is 0 Å². The van der Waals surface area contributed by atoms with Crippen molar-refractivity contribution in [3.63, 3.8) is 0 Å². The topological polar surface area (TPSA) is 136 Å². The average Bonchev–Trinajstić information content (AvgIpc) is 2.20. The zero-order valence-corrected chi connectivity index (χ0v) is 7.54. The van der Waals surface area contributed by atoms with Crippen LogP contribution in [0.25, 0.3) is 0 Å². The van der Waals surface area contributed by atoms with Crippen molar-refractivity contribution in [2.45, 2.75) is 0 Å². The van der Waals surface area contributed by atoms with E-state index in [0.29, 0.717) is 0 Å². The summed E-state index contributed by atoms with van der Waals surface area (Å²) in [5.74, 6) is 0. The van der Waals surface area contributed by atoms with Crippen LogP contribution in [0.4, 0.5) is 17.1 Å². The first-order valence-electron chi connectivity index (χ1n) is 3.56. The summed E-state index contributed by atoms with van der Waals surface area (Å²) in [5.41, 5.74) is 4.34. The number of nitro benzene ring substituents is 2. The molecule has 0 aliphatic rings. The Kier molecular flexibility index (Phi) is 4.39. The normalized spacial score (nSPS) is 8.53. The van der Waals surface area contributed by atoms with Gasteiger partial charge in [0.15, 0.2) is 0 Å². The van der Waals surface area contributed by atoms with Gasteiger partial charge >= 0.3 is 0 Å². The van der Waals surface area contributed by atoms with Crippen LogP contribution >= 0.6 is 0 Å². The predicted octanol–water partition coefficient (Wildman–Crippen LogP) is 1.35. The minimum Gasteiger partial charge on any atom is -0.393 e. The van der Waals surface area contributed by atoms with Gasteiger partial charge in [0.25, 0.3) is 11.4 Å². The maximum absolute atomic E-state index is 10.3. The number of non-ortho nitro benzene ring substituents is 1. The van der Waals surface area contributed by atoms with E-state index in [2.05, 4.69) is 6.72 Å². The summed E-state index contributed by atoms with van der Waals surface area (Å²) >= 11 is 0. The lowest BCUT2D eigenvalue weighted by molar-refractivity contribution is -0.393. The van der Waals surface area contributed by atoms with E-state index in [0.717, 1.165) is 18.2 Å². The average molecular weight is 212 g/mol. The summed E-state index contributed by atoms with van der Waals surface area (Å²) in [5, 5.41) is 26.0. The molecule has 3 N–H and O–H groups in total. The van der Waals surface area contributed by atoms with Gasteiger partial charge in [-0.15, -0.1) is 0 Å². The van der Waals surface area contributed by atoms with Gasteiger partial charge in [-0.1, -0.05) is 0 Å². The molecule has 0 aliphatic carbocycles. The van der Waals surface area contributed by atoms with E-state index in [4.69, 9.17) is 11.1 Å². The molecule has 0 bridgehead atoms. The highest BCUT2D eigenvalue weighted by Crippen LogP contribution is 2.25. The van der Waals surface area contributed by atoms with Crippen LogP contribution < -0.4 is 5.73 Å². The Morgan fingerprint density at radius 3 is 2.13 bits per heavy atom. The second-order valence-electron chi connectivity index (χ2n) is 2.26. The predicted molar refractivity (Wildman–Crippen MR) is 54.0 cm³/mol. The maximum Gasteiger partial charge on any atom is 0.298 e. The van der Waals surface area contributed by atoms with Crippen molar-refractivity contribution in [2.24, 2.45) is 0 Å². The van der Waals surface area contributed by atoms with Crippen molar-refractivity contribution in [2.75, 3.05) is 5.73 Å². The zero-order chi connectivity index (χ0) is 12.0. The van der Waals surface area contributed by atoms with Crippen molar-refractivity contribution in [1.82, 2.24) is 0 Å². The second-order valence-corrected chi connectivity index (χ2v) is 2.26. The number of nitrogens with one attached hydrogen (secondary N) is 1. The Labute approximate surface area is 84.1 Å². The first-order chi connectivity index (χ1) is 7.02. The van der Waals surface area contributed by atoms with Gasteiger partial charge in [-0.3, -0.25) is 20.2 Å². The molecule has 80 valence electrons. The molecule has 1 rings (SSSR count). The van der Waals surface area contributed by atoms with Crippen LogP contribution in [0.5, 0.6) is 0 Å². The third kappa shape index (κ3) is 3.03. The molecule has 0 heterocycles. The summed E-state index contributed by atoms with van der Waals surface area (Å²) < 4.78 is 0. The molecule has 0 saturated heterocycles. The van der Waals surface area contributed by atoms with E-state index in [9.17, 15) is 20.2 Å². The highest BCUT2D eigenvalue weighted by atomic mass is 16.6. The number of nitrogens with two attached hydrogens (primary N) is 1. The summed E-state index contributed by atoms with van der Waals surface area (Å²) in [6.07, 6.45) is 0. The van der Waals surface area contributed by atoms with Gasteiger partial charge in [-0.05, 0) is 12.8 Å². The maximum atomic E-state index is 10.3. The summed E-state index contributed by atoms with van der Waals surface area (Å²) in [7, 11) is 0. The van der Waals surface area contributed by atoms with E-state index in [1.54, 1.807) is 0 Å². The Balaban J connectivity index is 0.000000921. The molecule has 0 spiro atoms. The number of hydrogen-bond acceptors (Lipinski definition) is 6. The minimum atomic E-state index is -0.762. The molecule has 8 nitrogen and oxygen atoms in total. The monoisotopic (exact) mass is 212 g/mol. The third-order valence-corrected chi connectivity index (χ3v) is 1.42. The van der Waals surface area contributed by atoms with Crippen molar-refractivity contribution in [3.05, 3.63) is 38.4 Å². The smallest absolute Gasteiger partial charge is 0.298 e. The Morgan fingerprint density at radius 2 is 1.73 bits per heavy atom. The number of nitrogens with zero attached hydrogens (tertiary/aromatic N) is 2. The fourth-order valence-electron chi connectivity index (χ4n) is 0.804. The highest BCUT2D eigenvalue weighted by Gasteiger charge is 2.16. The minimum absolute atomic E-state index is 0.0874. The number of anilines is 1. The molecular weight excluding hydrogens is 204 g/mol. The molecule has 0 fully saturated rings. The molecule has 0 aliphatic heterocycles. The quantitative estimate of drug-likeness (QED) is 0.330. The molecule has 0 radical (unpaired) electrons. The van der Waals surface area contributed by atoms with Crippen molar-refractivity contribution < 1.29 is 9.85 Å². The van der Waals surface area contributed by atoms with Crippen LogP contribution in [0.1, 0.15) is 0 Å². The van der Waals surface area contributed by atoms with Gasteiger partial charge in [0.2, 0.25) is 0 Å². The fraction of sp³-hybridized carbons (Fsp3) is 0. The largest absolute Gasteiger partial charge is 0.393 e. The van der Waals surface area contributed by atoms with E-state index in [1.807, 2.05) is 0 Å². The molecule has 0 aromatic heterocycles. The molecule has 0 atom stereocenters. The molecule has 0 unspecified atom stereocenters. The molecular formula is C7H8N4O4. The van der Waals surface area contributed by atoms with E-state index >= 15 is 0 Å². The molecule has 0 amide bonds. The SMILES string of the molecule is C=N.Nc1ccc([N+](=O)[O-])cc1[N+](=O)[O-]. The first-order valence-corrected chi connectivity index (χ1v) is 3.56. The summed E-state index contributed by atoms with van der Waals surface area (Å²) in [4.78, 5) is 19.1. The van der Waals surface area contributed by atoms with Gasteiger partial charge in [-0.2, -0.15) is 0 Å². The Bertz CT molecular complexity index is 393. The van der Waals surface area contributed by atoms with Crippen molar-refractivity contribution >= 4 is 23.8 Å². The molecule has 8 heteroatoms.